The van der Waals surface area contributed by atoms with E-state index in [9.17, 15) is 9.18 Å². The number of aryl methyl sites for hydroxylation is 1. The first-order valence-corrected chi connectivity index (χ1v) is 9.59. The molecule has 0 aliphatic heterocycles. The Morgan fingerprint density at radius 1 is 1.11 bits per heavy atom. The highest BCUT2D eigenvalue weighted by molar-refractivity contribution is 7.17. The average molecular weight is 378 g/mol. The minimum atomic E-state index is -0.264. The van der Waals surface area contributed by atoms with Crippen LogP contribution in [0.3, 0.4) is 0 Å². The molecule has 136 valence electrons. The molecule has 2 aromatic carbocycles. The highest BCUT2D eigenvalue weighted by Gasteiger charge is 2.18. The zero-order chi connectivity index (χ0) is 19.0. The summed E-state index contributed by atoms with van der Waals surface area (Å²) in [4.78, 5) is 13.0. The molecule has 0 aliphatic carbocycles. The number of carbonyl (C=O) groups is 1. The Hall–Kier alpha value is -2.92. The summed E-state index contributed by atoms with van der Waals surface area (Å²) in [6.07, 6.45) is 0. The van der Waals surface area contributed by atoms with Gasteiger partial charge < -0.3 is 9.88 Å². The van der Waals surface area contributed by atoms with Crippen molar-refractivity contribution in [3.05, 3.63) is 88.2 Å². The van der Waals surface area contributed by atoms with Crippen LogP contribution in [-0.4, -0.2) is 10.5 Å². The van der Waals surface area contributed by atoms with Gasteiger partial charge in [-0.05, 0) is 66.2 Å². The number of thiophene rings is 1. The minimum Gasteiger partial charge on any atom is -0.331 e. The lowest BCUT2D eigenvalue weighted by Gasteiger charge is -2.13. The molecule has 27 heavy (non-hydrogen) atoms. The summed E-state index contributed by atoms with van der Waals surface area (Å²) in [6, 6.07) is 16.2. The van der Waals surface area contributed by atoms with E-state index in [4.69, 9.17) is 0 Å². The van der Waals surface area contributed by atoms with Gasteiger partial charge in [-0.15, -0.1) is 11.3 Å². The van der Waals surface area contributed by atoms with Crippen LogP contribution in [0.25, 0.3) is 10.2 Å². The van der Waals surface area contributed by atoms with Crippen molar-refractivity contribution in [2.75, 3.05) is 5.32 Å². The van der Waals surface area contributed by atoms with Crippen LogP contribution in [-0.2, 0) is 6.54 Å². The van der Waals surface area contributed by atoms with Gasteiger partial charge >= 0.3 is 0 Å². The molecule has 4 rings (SSSR count). The van der Waals surface area contributed by atoms with E-state index in [0.29, 0.717) is 12.2 Å². The van der Waals surface area contributed by atoms with Gasteiger partial charge in [-0.25, -0.2) is 4.39 Å². The molecule has 0 radical (unpaired) electrons. The van der Waals surface area contributed by atoms with Crippen molar-refractivity contribution in [1.29, 1.82) is 0 Å². The number of anilines is 1. The Bertz CT molecular complexity index is 1130. The van der Waals surface area contributed by atoms with Crippen molar-refractivity contribution in [1.82, 2.24) is 4.57 Å². The number of amides is 1. The van der Waals surface area contributed by atoms with Crippen LogP contribution in [0, 0.1) is 19.7 Å². The first kappa shape index (κ1) is 17.5. The Balaban J connectivity index is 1.70. The molecule has 0 saturated carbocycles. The second-order valence-corrected chi connectivity index (χ2v) is 7.56. The van der Waals surface area contributed by atoms with Crippen LogP contribution in [0.15, 0.2) is 60.0 Å². The zero-order valence-electron chi connectivity index (χ0n) is 15.1. The Kier molecular flexibility index (Phi) is 4.54. The highest BCUT2D eigenvalue weighted by Crippen LogP contribution is 2.27. The molecule has 0 spiro atoms. The Labute approximate surface area is 161 Å². The lowest BCUT2D eigenvalue weighted by Crippen LogP contribution is -2.18. The third-order valence-electron chi connectivity index (χ3n) is 4.86. The number of fused-ring (bicyclic) bond motifs is 1. The Morgan fingerprint density at radius 2 is 1.89 bits per heavy atom. The lowest BCUT2D eigenvalue weighted by molar-refractivity contribution is 0.101. The molecular formula is C22H19FN2OS. The molecule has 0 bridgehead atoms. The molecule has 0 unspecified atom stereocenters. The number of carbonyl (C=O) groups excluding carboxylic acids is 1. The van der Waals surface area contributed by atoms with Crippen molar-refractivity contribution in [3.63, 3.8) is 0 Å². The first-order chi connectivity index (χ1) is 13.0. The molecule has 0 saturated heterocycles. The van der Waals surface area contributed by atoms with Gasteiger partial charge in [0.25, 0.3) is 5.91 Å². The Morgan fingerprint density at radius 3 is 2.67 bits per heavy atom. The normalized spacial score (nSPS) is 11.1. The number of hydrogen-bond acceptors (Lipinski definition) is 2. The van der Waals surface area contributed by atoms with E-state index in [1.54, 1.807) is 23.5 Å². The number of benzene rings is 2. The standard InChI is InChI=1S/C22H19FN2OS/c1-14-4-3-5-18(15(14)2)24-22(26)20-12-21-19(10-11-27-21)25(20)13-16-6-8-17(23)9-7-16/h3-12H,13H2,1-2H3,(H,24,26). The van der Waals surface area contributed by atoms with Crippen molar-refractivity contribution in [2.45, 2.75) is 20.4 Å². The predicted octanol–water partition coefficient (Wildman–Crippen LogP) is 5.76. The molecule has 3 nitrogen and oxygen atoms in total. The van der Waals surface area contributed by atoms with Crippen LogP contribution in [0.1, 0.15) is 27.2 Å². The number of aromatic nitrogens is 1. The number of halogens is 1. The first-order valence-electron chi connectivity index (χ1n) is 8.71. The summed E-state index contributed by atoms with van der Waals surface area (Å²) in [5, 5.41) is 5.05. The van der Waals surface area contributed by atoms with Crippen molar-refractivity contribution >= 4 is 33.1 Å². The summed E-state index contributed by atoms with van der Waals surface area (Å²) >= 11 is 1.60. The summed E-state index contributed by atoms with van der Waals surface area (Å²) in [5.41, 5.74) is 5.57. The van der Waals surface area contributed by atoms with E-state index in [2.05, 4.69) is 5.32 Å². The van der Waals surface area contributed by atoms with Crippen molar-refractivity contribution in [3.8, 4) is 0 Å². The second-order valence-electron chi connectivity index (χ2n) is 6.61. The maximum atomic E-state index is 13.2. The molecule has 0 fully saturated rings. The van der Waals surface area contributed by atoms with Gasteiger partial charge in [0, 0.05) is 12.2 Å². The fourth-order valence-electron chi connectivity index (χ4n) is 3.18. The number of hydrogen-bond donors (Lipinski definition) is 1. The molecular weight excluding hydrogens is 359 g/mol. The number of nitrogens with one attached hydrogen (secondary N) is 1. The fraction of sp³-hybridized carbons (Fsp3) is 0.136. The second kappa shape index (κ2) is 7.00. The van der Waals surface area contributed by atoms with E-state index < -0.39 is 0 Å². The van der Waals surface area contributed by atoms with Crippen LogP contribution in [0.4, 0.5) is 10.1 Å². The van der Waals surface area contributed by atoms with E-state index in [0.717, 1.165) is 32.6 Å². The number of rotatable bonds is 4. The van der Waals surface area contributed by atoms with E-state index in [1.807, 2.05) is 54.1 Å². The average Bonchev–Trinajstić information content (AvgIpc) is 3.23. The van der Waals surface area contributed by atoms with Crippen LogP contribution in [0.5, 0.6) is 0 Å². The van der Waals surface area contributed by atoms with Crippen LogP contribution >= 0.6 is 11.3 Å². The van der Waals surface area contributed by atoms with Gasteiger partial charge in [-0.2, -0.15) is 0 Å². The molecule has 2 aromatic heterocycles. The summed E-state index contributed by atoms with van der Waals surface area (Å²) < 4.78 is 16.3. The van der Waals surface area contributed by atoms with Gasteiger partial charge in [0.1, 0.15) is 11.5 Å². The molecule has 5 heteroatoms. The largest absolute Gasteiger partial charge is 0.331 e. The zero-order valence-corrected chi connectivity index (χ0v) is 15.9. The lowest BCUT2D eigenvalue weighted by atomic mass is 10.1. The predicted molar refractivity (Wildman–Crippen MR) is 109 cm³/mol. The fourth-order valence-corrected chi connectivity index (χ4v) is 4.00. The van der Waals surface area contributed by atoms with Crippen LogP contribution in [0.2, 0.25) is 0 Å². The highest BCUT2D eigenvalue weighted by atomic mass is 32.1. The SMILES string of the molecule is Cc1cccc(NC(=O)c2cc3sccc3n2Cc2ccc(F)cc2)c1C. The van der Waals surface area contributed by atoms with Gasteiger partial charge in [0.2, 0.25) is 0 Å². The van der Waals surface area contributed by atoms with E-state index in [-0.39, 0.29) is 11.7 Å². The summed E-state index contributed by atoms with van der Waals surface area (Å²) in [6.45, 7) is 4.54. The third kappa shape index (κ3) is 3.38. The van der Waals surface area contributed by atoms with E-state index >= 15 is 0 Å². The van der Waals surface area contributed by atoms with E-state index in [1.165, 1.54) is 12.1 Å². The maximum Gasteiger partial charge on any atom is 0.272 e. The quantitative estimate of drug-likeness (QED) is 0.481. The van der Waals surface area contributed by atoms with Gasteiger partial charge in [0.15, 0.2) is 0 Å². The molecule has 1 amide bonds. The summed E-state index contributed by atoms with van der Waals surface area (Å²) in [5.74, 6) is -0.408. The smallest absolute Gasteiger partial charge is 0.272 e. The third-order valence-corrected chi connectivity index (χ3v) is 5.72. The minimum absolute atomic E-state index is 0.144. The van der Waals surface area contributed by atoms with Gasteiger partial charge in [-0.1, -0.05) is 24.3 Å². The molecule has 4 aromatic rings. The molecule has 0 aliphatic rings. The number of nitrogens with zero attached hydrogens (tertiary/aromatic N) is 1. The molecule has 1 N–H and O–H groups in total. The summed E-state index contributed by atoms with van der Waals surface area (Å²) in [7, 11) is 0. The molecule has 0 atom stereocenters. The molecule has 2 heterocycles. The maximum absolute atomic E-state index is 13.2. The van der Waals surface area contributed by atoms with Crippen molar-refractivity contribution in [2.24, 2.45) is 0 Å². The van der Waals surface area contributed by atoms with Gasteiger partial charge in [-0.3, -0.25) is 4.79 Å². The van der Waals surface area contributed by atoms with Crippen molar-refractivity contribution < 1.29 is 9.18 Å². The monoisotopic (exact) mass is 378 g/mol. The topological polar surface area (TPSA) is 34.0 Å². The van der Waals surface area contributed by atoms with Gasteiger partial charge in [0.05, 0.1) is 10.2 Å². The van der Waals surface area contributed by atoms with Crippen LogP contribution < -0.4 is 5.32 Å².